The number of amides is 2. The molecule has 0 spiro atoms. The third-order valence-electron chi connectivity index (χ3n) is 5.32. The van der Waals surface area contributed by atoms with Gasteiger partial charge in [-0.05, 0) is 6.42 Å². The van der Waals surface area contributed by atoms with Crippen molar-refractivity contribution in [1.29, 1.82) is 0 Å². The molecule has 166 valence electrons. The molecular weight excluding hydrogens is 417 g/mol. The first-order valence-electron chi connectivity index (χ1n) is 9.80. The molecule has 2 unspecified atom stereocenters. The lowest BCUT2D eigenvalue weighted by Crippen LogP contribution is -2.44. The van der Waals surface area contributed by atoms with Crippen LogP contribution < -0.4 is 15.1 Å². The Morgan fingerprint density at radius 2 is 1.90 bits per heavy atom. The summed E-state index contributed by atoms with van der Waals surface area (Å²) in [7, 11) is 0. The molecule has 2 fully saturated rings. The zero-order valence-corrected chi connectivity index (χ0v) is 16.7. The van der Waals surface area contributed by atoms with Crippen LogP contribution in [0.3, 0.4) is 0 Å². The molecule has 1 N–H and O–H groups in total. The average Bonchev–Trinajstić information content (AvgIpc) is 3.36. The number of alkyl halides is 1. The number of carbonyl (C=O) groups is 2. The summed E-state index contributed by atoms with van der Waals surface area (Å²) in [6.45, 7) is 1.45. The van der Waals surface area contributed by atoms with E-state index in [4.69, 9.17) is 4.74 Å². The Bertz CT molecular complexity index is 950. The van der Waals surface area contributed by atoms with Gasteiger partial charge in [-0.25, -0.2) is 18.0 Å². The molecule has 1 aromatic heterocycles. The van der Waals surface area contributed by atoms with Crippen molar-refractivity contribution in [3.05, 3.63) is 36.2 Å². The minimum absolute atomic E-state index is 0.0125. The number of benzene rings is 1. The number of carbonyl (C=O) groups excluding carboxylic acids is 2. The second kappa shape index (κ2) is 8.44. The van der Waals surface area contributed by atoms with E-state index < -0.39 is 36.0 Å². The van der Waals surface area contributed by atoms with E-state index in [-0.39, 0.29) is 49.9 Å². The van der Waals surface area contributed by atoms with Gasteiger partial charge in [-0.1, -0.05) is 0 Å². The molecule has 2 saturated heterocycles. The molecule has 0 saturated carbocycles. The second-order valence-corrected chi connectivity index (χ2v) is 7.48. The number of piperidine rings is 1. The summed E-state index contributed by atoms with van der Waals surface area (Å²) in [5.74, 6) is -2.10. The predicted molar refractivity (Wildman–Crippen MR) is 103 cm³/mol. The number of cyclic esters (lactones) is 1. The van der Waals surface area contributed by atoms with Gasteiger partial charge in [-0.15, -0.1) is 0 Å². The topological polar surface area (TPSA) is 92.6 Å². The van der Waals surface area contributed by atoms with Crippen LogP contribution in [0.1, 0.15) is 19.4 Å². The molecule has 2 amide bonds. The normalized spacial score (nSPS) is 23.7. The van der Waals surface area contributed by atoms with Gasteiger partial charge in [-0.3, -0.25) is 9.69 Å². The largest absolute Gasteiger partial charge is 0.442 e. The highest BCUT2D eigenvalue weighted by Crippen LogP contribution is 2.34. The van der Waals surface area contributed by atoms with E-state index >= 15 is 0 Å². The number of hydrogen-bond acceptors (Lipinski definition) is 6. The maximum absolute atomic E-state index is 14.9. The van der Waals surface area contributed by atoms with Crippen LogP contribution in [0.4, 0.5) is 29.3 Å². The van der Waals surface area contributed by atoms with Crippen molar-refractivity contribution in [2.75, 3.05) is 36.0 Å². The van der Waals surface area contributed by atoms with Crippen LogP contribution in [-0.2, 0) is 9.53 Å². The van der Waals surface area contributed by atoms with E-state index in [0.717, 1.165) is 17.0 Å². The Hall–Kier alpha value is -3.31. The third kappa shape index (κ3) is 4.28. The number of ether oxygens (including phenoxy) is 1. The Labute approximate surface area is 175 Å². The number of rotatable bonds is 5. The van der Waals surface area contributed by atoms with Gasteiger partial charge in [0.05, 0.1) is 37.7 Å². The second-order valence-electron chi connectivity index (χ2n) is 7.48. The zero-order valence-electron chi connectivity index (χ0n) is 16.7. The number of hydrogen-bond donors (Lipinski definition) is 1. The molecule has 0 radical (unpaired) electrons. The summed E-state index contributed by atoms with van der Waals surface area (Å²) in [6, 6.07) is 1.44. The molecule has 2 aliphatic rings. The smallest absolute Gasteiger partial charge is 0.414 e. The maximum atomic E-state index is 14.9. The van der Waals surface area contributed by atoms with Crippen LogP contribution in [0.2, 0.25) is 0 Å². The lowest BCUT2D eigenvalue weighted by atomic mass is 10.0. The first kappa shape index (κ1) is 20.9. The fourth-order valence-corrected chi connectivity index (χ4v) is 3.86. The van der Waals surface area contributed by atoms with Gasteiger partial charge in [-0.2, -0.15) is 15.0 Å². The van der Waals surface area contributed by atoms with Crippen molar-refractivity contribution in [2.45, 2.75) is 31.7 Å². The summed E-state index contributed by atoms with van der Waals surface area (Å²) in [5, 5.41) is 10.4. The monoisotopic (exact) mass is 438 g/mol. The van der Waals surface area contributed by atoms with Crippen LogP contribution in [0.5, 0.6) is 0 Å². The van der Waals surface area contributed by atoms with Gasteiger partial charge in [0, 0.05) is 25.6 Å². The number of nitrogens with zero attached hydrogens (tertiary/aromatic N) is 5. The predicted octanol–water partition coefficient (Wildman–Crippen LogP) is 1.81. The van der Waals surface area contributed by atoms with Crippen molar-refractivity contribution in [3.8, 4) is 0 Å². The van der Waals surface area contributed by atoms with E-state index in [1.54, 1.807) is 0 Å². The van der Waals surface area contributed by atoms with E-state index in [0.29, 0.717) is 0 Å². The van der Waals surface area contributed by atoms with Gasteiger partial charge >= 0.3 is 6.09 Å². The Morgan fingerprint density at radius 1 is 1.23 bits per heavy atom. The number of aromatic nitrogens is 3. The Morgan fingerprint density at radius 3 is 2.52 bits per heavy atom. The van der Waals surface area contributed by atoms with Crippen molar-refractivity contribution < 1.29 is 27.5 Å². The molecule has 4 rings (SSSR count). The van der Waals surface area contributed by atoms with E-state index in [2.05, 4.69) is 15.5 Å². The molecule has 2 aromatic rings. The fraction of sp³-hybridized carbons (Fsp3) is 0.474. The third-order valence-corrected chi connectivity index (χ3v) is 5.32. The highest BCUT2D eigenvalue weighted by molar-refractivity contribution is 5.90. The zero-order chi connectivity index (χ0) is 22.1. The summed E-state index contributed by atoms with van der Waals surface area (Å²) < 4.78 is 49.5. The van der Waals surface area contributed by atoms with Crippen molar-refractivity contribution in [3.63, 3.8) is 0 Å². The summed E-state index contributed by atoms with van der Waals surface area (Å²) in [5.41, 5.74) is -0.359. The van der Waals surface area contributed by atoms with Gasteiger partial charge in [0.25, 0.3) is 0 Å². The van der Waals surface area contributed by atoms with Gasteiger partial charge in [0.15, 0.2) is 11.6 Å². The minimum Gasteiger partial charge on any atom is -0.442 e. The first-order valence-corrected chi connectivity index (χ1v) is 9.80. The molecule has 3 atom stereocenters. The number of anilines is 2. The summed E-state index contributed by atoms with van der Waals surface area (Å²) in [6.07, 6.45) is 0.354. The van der Waals surface area contributed by atoms with Gasteiger partial charge < -0.3 is 15.0 Å². The van der Waals surface area contributed by atoms with Crippen molar-refractivity contribution in [2.24, 2.45) is 0 Å². The average molecular weight is 438 g/mol. The molecule has 1 aromatic carbocycles. The Kier molecular flexibility index (Phi) is 5.70. The molecule has 3 heterocycles. The highest BCUT2D eigenvalue weighted by atomic mass is 19.1. The highest BCUT2D eigenvalue weighted by Gasteiger charge is 2.36. The lowest BCUT2D eigenvalue weighted by molar-refractivity contribution is -0.119. The molecule has 31 heavy (non-hydrogen) atoms. The Balaban J connectivity index is 1.48. The van der Waals surface area contributed by atoms with Crippen molar-refractivity contribution >= 4 is 23.4 Å². The number of halogens is 3. The van der Waals surface area contributed by atoms with Crippen molar-refractivity contribution in [1.82, 2.24) is 20.3 Å². The molecule has 9 nitrogen and oxygen atoms in total. The minimum atomic E-state index is -1.41. The molecule has 0 bridgehead atoms. The maximum Gasteiger partial charge on any atom is 0.414 e. The molecule has 12 heteroatoms. The fourth-order valence-electron chi connectivity index (χ4n) is 3.86. The number of nitrogens with one attached hydrogen (secondary N) is 1. The standard InChI is InChI=1S/C19H21F3N6O3/c1-11(29)23-8-13-9-27(19(30)31-13)12-6-14(20)18(15(21)7-12)26-5-2-17(16(22)10-26)28-24-3-4-25-28/h3-4,6-7,13,16-17H,2,5,8-10H2,1H3,(H,23,29)/t13-,16?,17?/m0/s1. The van der Waals surface area contributed by atoms with Crippen LogP contribution >= 0.6 is 0 Å². The quantitative estimate of drug-likeness (QED) is 0.766. The molecule has 2 aliphatic heterocycles. The summed E-state index contributed by atoms with van der Waals surface area (Å²) in [4.78, 5) is 26.8. The van der Waals surface area contributed by atoms with Crippen LogP contribution in [0.25, 0.3) is 0 Å². The van der Waals surface area contributed by atoms with E-state index in [1.807, 2.05) is 0 Å². The lowest BCUT2D eigenvalue weighted by Gasteiger charge is -2.36. The first-order chi connectivity index (χ1) is 14.8. The van der Waals surface area contributed by atoms with Gasteiger partial charge in [0.2, 0.25) is 5.91 Å². The van der Waals surface area contributed by atoms with E-state index in [1.165, 1.54) is 29.0 Å². The SMILES string of the molecule is CC(=O)NC[C@H]1CN(c2cc(F)c(N3CCC(n4nccn4)C(F)C3)c(F)c2)C(=O)O1. The van der Waals surface area contributed by atoms with Crippen LogP contribution in [-0.4, -0.2) is 65.4 Å². The van der Waals surface area contributed by atoms with Gasteiger partial charge in [0.1, 0.15) is 24.0 Å². The molecule has 0 aliphatic carbocycles. The summed E-state index contributed by atoms with van der Waals surface area (Å²) >= 11 is 0. The van der Waals surface area contributed by atoms with E-state index in [9.17, 15) is 22.8 Å². The molecular formula is C19H21F3N6O3. The van der Waals surface area contributed by atoms with Crippen LogP contribution in [0, 0.1) is 11.6 Å². The van der Waals surface area contributed by atoms with Crippen LogP contribution in [0.15, 0.2) is 24.5 Å².